The molecule has 0 aromatic carbocycles. The molecule has 0 saturated heterocycles. The van der Waals surface area contributed by atoms with Crippen molar-refractivity contribution in [1.29, 1.82) is 0 Å². The first-order valence-electron chi connectivity index (χ1n) is 13.2. The van der Waals surface area contributed by atoms with E-state index in [1.165, 1.54) is 51.4 Å². The molecule has 0 amide bonds. The lowest BCUT2D eigenvalue weighted by molar-refractivity contribution is -0.173. The molecule has 31 heavy (non-hydrogen) atoms. The Morgan fingerprint density at radius 3 is 1.68 bits per heavy atom. The van der Waals surface area contributed by atoms with Gasteiger partial charge in [-0.1, -0.05) is 106 Å². The smallest absolute Gasteiger partial charge is 0.323 e. The fourth-order valence-electron chi connectivity index (χ4n) is 3.96. The van der Waals surface area contributed by atoms with Crippen molar-refractivity contribution in [3.8, 4) is 0 Å². The normalized spacial score (nSPS) is 12.7. The van der Waals surface area contributed by atoms with E-state index in [0.29, 0.717) is 32.0 Å². The van der Waals surface area contributed by atoms with Gasteiger partial charge in [0.05, 0.1) is 13.2 Å². The molecule has 4 heteroatoms. The molecule has 0 saturated carbocycles. The number of ether oxygens (including phenoxy) is 2. The van der Waals surface area contributed by atoms with E-state index in [1.807, 2.05) is 13.8 Å². The fraction of sp³-hybridized carbons (Fsp3) is 0.926. The van der Waals surface area contributed by atoms with E-state index in [0.717, 1.165) is 31.6 Å². The van der Waals surface area contributed by atoms with Gasteiger partial charge in [0.2, 0.25) is 0 Å². The van der Waals surface area contributed by atoms with Gasteiger partial charge in [-0.15, -0.1) is 0 Å². The van der Waals surface area contributed by atoms with E-state index in [1.54, 1.807) is 0 Å². The van der Waals surface area contributed by atoms with Crippen LogP contribution >= 0.6 is 0 Å². The third-order valence-electron chi connectivity index (χ3n) is 6.54. The first-order valence-corrected chi connectivity index (χ1v) is 13.2. The van der Waals surface area contributed by atoms with E-state index >= 15 is 0 Å². The van der Waals surface area contributed by atoms with Crippen LogP contribution < -0.4 is 0 Å². The van der Waals surface area contributed by atoms with Gasteiger partial charge >= 0.3 is 11.9 Å². The van der Waals surface area contributed by atoms with Crippen molar-refractivity contribution in [3.05, 3.63) is 0 Å². The van der Waals surface area contributed by atoms with Gasteiger partial charge in [-0.3, -0.25) is 9.59 Å². The monoisotopic (exact) mass is 440 g/mol. The zero-order valence-electron chi connectivity index (χ0n) is 21.6. The minimum absolute atomic E-state index is 0.384. The van der Waals surface area contributed by atoms with Gasteiger partial charge in [-0.25, -0.2) is 0 Å². The third-order valence-corrected chi connectivity index (χ3v) is 6.54. The van der Waals surface area contributed by atoms with Gasteiger partial charge in [-0.05, 0) is 37.5 Å². The van der Waals surface area contributed by atoms with E-state index in [4.69, 9.17) is 9.47 Å². The Kier molecular flexibility index (Phi) is 17.9. The summed E-state index contributed by atoms with van der Waals surface area (Å²) in [5.74, 6) is 0.443. The van der Waals surface area contributed by atoms with Crippen LogP contribution in [0.2, 0.25) is 0 Å². The number of esters is 2. The number of hydrogen-bond donors (Lipinski definition) is 0. The van der Waals surface area contributed by atoms with Gasteiger partial charge in [0.25, 0.3) is 0 Å². The van der Waals surface area contributed by atoms with Crippen LogP contribution in [0, 0.1) is 17.3 Å². The number of unbranched alkanes of at least 4 members (excludes halogenated alkanes) is 7. The molecule has 0 radical (unpaired) electrons. The lowest BCUT2D eigenvalue weighted by Crippen LogP contribution is -2.41. The minimum atomic E-state index is -1.15. The summed E-state index contributed by atoms with van der Waals surface area (Å²) in [5.41, 5.74) is -1.15. The number of rotatable bonds is 20. The lowest BCUT2D eigenvalue weighted by atomic mass is 9.82. The highest BCUT2D eigenvalue weighted by molar-refractivity contribution is 5.99. The SMILES string of the molecule is CCCCCCCCCCOC(=O)C(CC)(CC)C(=O)OCCC(C)CCCC(C)C. The van der Waals surface area contributed by atoms with Gasteiger partial charge in [-0.2, -0.15) is 0 Å². The van der Waals surface area contributed by atoms with Crippen LogP contribution in [0.4, 0.5) is 0 Å². The highest BCUT2D eigenvalue weighted by Crippen LogP contribution is 2.30. The molecule has 1 unspecified atom stereocenters. The Morgan fingerprint density at radius 2 is 1.16 bits per heavy atom. The van der Waals surface area contributed by atoms with Crippen LogP contribution in [0.1, 0.15) is 131 Å². The molecule has 0 heterocycles. The Balaban J connectivity index is 4.25. The summed E-state index contributed by atoms with van der Waals surface area (Å²) < 4.78 is 11.1. The first kappa shape index (κ1) is 29.9. The Hall–Kier alpha value is -1.06. The van der Waals surface area contributed by atoms with Crippen molar-refractivity contribution in [3.63, 3.8) is 0 Å². The zero-order valence-corrected chi connectivity index (χ0v) is 21.6. The van der Waals surface area contributed by atoms with Crippen LogP contribution in [-0.2, 0) is 19.1 Å². The number of carbonyl (C=O) groups is 2. The summed E-state index contributed by atoms with van der Waals surface area (Å²) in [6.45, 7) is 13.5. The van der Waals surface area contributed by atoms with Gasteiger partial charge in [0.1, 0.15) is 0 Å². The van der Waals surface area contributed by atoms with Crippen LogP contribution in [0.5, 0.6) is 0 Å². The lowest BCUT2D eigenvalue weighted by Gasteiger charge is -2.27. The Labute approximate surface area is 193 Å². The largest absolute Gasteiger partial charge is 0.465 e. The molecule has 184 valence electrons. The molecule has 0 aromatic rings. The molecule has 0 aliphatic heterocycles. The van der Waals surface area contributed by atoms with Crippen molar-refractivity contribution in [2.24, 2.45) is 17.3 Å². The second-order valence-electron chi connectivity index (χ2n) is 9.75. The molecular formula is C27H52O4. The molecule has 0 aliphatic rings. The third kappa shape index (κ3) is 13.2. The number of carbonyl (C=O) groups excluding carboxylic acids is 2. The van der Waals surface area contributed by atoms with Crippen molar-refractivity contribution in [2.45, 2.75) is 131 Å². The number of hydrogen-bond acceptors (Lipinski definition) is 4. The maximum atomic E-state index is 12.8. The molecular weight excluding hydrogens is 388 g/mol. The highest BCUT2D eigenvalue weighted by atomic mass is 16.6. The fourth-order valence-corrected chi connectivity index (χ4v) is 3.96. The van der Waals surface area contributed by atoms with Crippen LogP contribution in [-0.4, -0.2) is 25.2 Å². The maximum absolute atomic E-state index is 12.8. The molecule has 0 bridgehead atoms. The second-order valence-corrected chi connectivity index (χ2v) is 9.75. The Bertz CT molecular complexity index is 454. The molecule has 0 aliphatic carbocycles. The van der Waals surface area contributed by atoms with E-state index in [9.17, 15) is 9.59 Å². The molecule has 0 rings (SSSR count). The quantitative estimate of drug-likeness (QED) is 0.110. The summed E-state index contributed by atoms with van der Waals surface area (Å²) in [4.78, 5) is 25.5. The molecule has 0 N–H and O–H groups in total. The molecule has 0 fully saturated rings. The predicted octanol–water partition coefficient (Wildman–Crippen LogP) is 7.87. The average Bonchev–Trinajstić information content (AvgIpc) is 2.73. The van der Waals surface area contributed by atoms with E-state index in [2.05, 4.69) is 27.7 Å². The molecule has 0 aromatic heterocycles. The van der Waals surface area contributed by atoms with Gasteiger partial charge in [0, 0.05) is 0 Å². The Morgan fingerprint density at radius 1 is 0.645 bits per heavy atom. The summed E-state index contributed by atoms with van der Waals surface area (Å²) >= 11 is 0. The maximum Gasteiger partial charge on any atom is 0.323 e. The summed E-state index contributed by atoms with van der Waals surface area (Å²) in [6.07, 6.45) is 14.9. The van der Waals surface area contributed by atoms with Crippen molar-refractivity contribution in [1.82, 2.24) is 0 Å². The van der Waals surface area contributed by atoms with Crippen LogP contribution in [0.15, 0.2) is 0 Å². The average molecular weight is 441 g/mol. The standard InChI is InChI=1S/C27H52O4/c1-7-10-11-12-13-14-15-16-21-30-25(28)27(8-2,9-3)26(29)31-22-20-24(6)19-17-18-23(4)5/h23-24H,7-22H2,1-6H3. The molecule has 4 nitrogen and oxygen atoms in total. The van der Waals surface area contributed by atoms with Crippen molar-refractivity contribution < 1.29 is 19.1 Å². The summed E-state index contributed by atoms with van der Waals surface area (Å²) in [6, 6.07) is 0. The van der Waals surface area contributed by atoms with Gasteiger partial charge < -0.3 is 9.47 Å². The first-order chi connectivity index (χ1) is 14.8. The molecule has 1 atom stereocenters. The van der Waals surface area contributed by atoms with Crippen LogP contribution in [0.3, 0.4) is 0 Å². The van der Waals surface area contributed by atoms with E-state index < -0.39 is 17.4 Å². The second kappa shape index (κ2) is 18.5. The summed E-state index contributed by atoms with van der Waals surface area (Å²) in [7, 11) is 0. The summed E-state index contributed by atoms with van der Waals surface area (Å²) in [5, 5.41) is 0. The van der Waals surface area contributed by atoms with Gasteiger partial charge in [0.15, 0.2) is 5.41 Å². The van der Waals surface area contributed by atoms with Crippen molar-refractivity contribution >= 4 is 11.9 Å². The van der Waals surface area contributed by atoms with Crippen molar-refractivity contribution in [2.75, 3.05) is 13.2 Å². The highest BCUT2D eigenvalue weighted by Gasteiger charge is 2.45. The molecule has 0 spiro atoms. The predicted molar refractivity (Wildman–Crippen MR) is 130 cm³/mol. The topological polar surface area (TPSA) is 52.6 Å². The minimum Gasteiger partial charge on any atom is -0.465 e. The van der Waals surface area contributed by atoms with Crippen LogP contribution in [0.25, 0.3) is 0 Å². The van der Waals surface area contributed by atoms with E-state index in [-0.39, 0.29) is 0 Å². The zero-order chi connectivity index (χ0) is 23.5.